The minimum Gasteiger partial charge on any atom is -0.497 e. The first-order chi connectivity index (χ1) is 15.2. The third-order valence-electron chi connectivity index (χ3n) is 5.09. The van der Waals surface area contributed by atoms with E-state index in [4.69, 9.17) is 14.5 Å². The van der Waals surface area contributed by atoms with Gasteiger partial charge in [-0.05, 0) is 42.8 Å². The van der Waals surface area contributed by atoms with Crippen LogP contribution in [0.3, 0.4) is 0 Å². The van der Waals surface area contributed by atoms with E-state index in [-0.39, 0.29) is 0 Å². The van der Waals surface area contributed by atoms with Crippen molar-refractivity contribution in [1.82, 2.24) is 19.6 Å². The van der Waals surface area contributed by atoms with Crippen LogP contribution >= 0.6 is 23.1 Å². The molecule has 5 aromatic rings. The molecule has 0 aliphatic carbocycles. The number of rotatable bonds is 6. The molecule has 8 heteroatoms. The van der Waals surface area contributed by atoms with E-state index in [0.717, 1.165) is 55.0 Å². The molecule has 3 aromatic heterocycles. The van der Waals surface area contributed by atoms with E-state index in [2.05, 4.69) is 39.0 Å². The summed E-state index contributed by atoms with van der Waals surface area (Å²) in [5.41, 5.74) is 5.10. The number of fused-ring (bicyclic) bond motifs is 3. The van der Waals surface area contributed by atoms with Gasteiger partial charge in [0.1, 0.15) is 16.5 Å². The molecular formula is C23H20N4O2S2. The molecule has 156 valence electrons. The highest BCUT2D eigenvalue weighted by atomic mass is 32.2. The average Bonchev–Trinajstić information content (AvgIpc) is 3.44. The molecule has 0 fully saturated rings. The number of hydrogen-bond donors (Lipinski definition) is 0. The maximum absolute atomic E-state index is 5.44. The quantitative estimate of drug-likeness (QED) is 0.314. The van der Waals surface area contributed by atoms with E-state index >= 15 is 0 Å². The van der Waals surface area contributed by atoms with Gasteiger partial charge in [-0.2, -0.15) is 0 Å². The van der Waals surface area contributed by atoms with Gasteiger partial charge in [0.25, 0.3) is 0 Å². The molecule has 0 atom stereocenters. The van der Waals surface area contributed by atoms with Crippen molar-refractivity contribution in [1.29, 1.82) is 0 Å². The summed E-state index contributed by atoms with van der Waals surface area (Å²) in [6.45, 7) is 2.09. The van der Waals surface area contributed by atoms with Crippen LogP contribution in [0.25, 0.3) is 27.1 Å². The third kappa shape index (κ3) is 3.73. The molecule has 3 heterocycles. The summed E-state index contributed by atoms with van der Waals surface area (Å²) in [5, 5.41) is 13.9. The van der Waals surface area contributed by atoms with Crippen LogP contribution in [0, 0.1) is 6.92 Å². The lowest BCUT2D eigenvalue weighted by molar-refractivity contribution is 0.415. The predicted octanol–water partition coefficient (Wildman–Crippen LogP) is 5.62. The fraction of sp³-hybridized carbons (Fsp3) is 0.174. The molecule has 6 nitrogen and oxygen atoms in total. The number of aromatic nitrogens is 4. The SMILES string of the molecule is COc1cccc(-c2nc(CSc3nnc4cc(C)c5ccc(OC)cc5n34)cs2)c1. The van der Waals surface area contributed by atoms with Gasteiger partial charge in [-0.15, -0.1) is 21.5 Å². The summed E-state index contributed by atoms with van der Waals surface area (Å²) in [6, 6.07) is 16.1. The van der Waals surface area contributed by atoms with Gasteiger partial charge < -0.3 is 9.47 Å². The van der Waals surface area contributed by atoms with Crippen molar-refractivity contribution in [3.8, 4) is 22.1 Å². The predicted molar refractivity (Wildman–Crippen MR) is 125 cm³/mol. The van der Waals surface area contributed by atoms with Crippen molar-refractivity contribution in [2.75, 3.05) is 14.2 Å². The Kier molecular flexibility index (Phi) is 5.25. The van der Waals surface area contributed by atoms with Crippen molar-refractivity contribution < 1.29 is 9.47 Å². The number of benzene rings is 2. The standard InChI is InChI=1S/C23H20N4O2S2/c1-14-9-21-25-26-23(27(21)20-11-18(29-3)7-8-19(14)20)31-13-16-12-30-22(24-16)15-5-4-6-17(10-15)28-2/h4-12H,13H2,1-3H3. The minimum atomic E-state index is 0.709. The lowest BCUT2D eigenvalue weighted by atomic mass is 10.1. The third-order valence-corrected chi connectivity index (χ3v) is 6.99. The van der Waals surface area contributed by atoms with Crippen LogP contribution in [0.4, 0.5) is 0 Å². The lowest BCUT2D eigenvalue weighted by Gasteiger charge is -2.09. The number of hydrogen-bond acceptors (Lipinski definition) is 7. The molecule has 0 spiro atoms. The van der Waals surface area contributed by atoms with Gasteiger partial charge in [0, 0.05) is 28.1 Å². The molecule has 0 N–H and O–H groups in total. The highest BCUT2D eigenvalue weighted by Crippen LogP contribution is 2.32. The minimum absolute atomic E-state index is 0.709. The number of aryl methyl sites for hydroxylation is 1. The summed E-state index contributed by atoms with van der Waals surface area (Å²) in [5.74, 6) is 2.35. The molecule has 0 saturated heterocycles. The number of nitrogens with zero attached hydrogens (tertiary/aromatic N) is 4. The second-order valence-corrected chi connectivity index (χ2v) is 8.85. The van der Waals surface area contributed by atoms with Gasteiger partial charge in [-0.1, -0.05) is 23.9 Å². The number of thiazole rings is 1. The largest absolute Gasteiger partial charge is 0.497 e. The first-order valence-corrected chi connectivity index (χ1v) is 11.6. The van der Waals surface area contributed by atoms with E-state index in [0.29, 0.717) is 5.75 Å². The summed E-state index contributed by atoms with van der Waals surface area (Å²) in [7, 11) is 3.35. The first-order valence-electron chi connectivity index (χ1n) is 9.70. The first kappa shape index (κ1) is 19.8. The Hall–Kier alpha value is -3.10. The molecular weight excluding hydrogens is 428 g/mol. The maximum atomic E-state index is 5.44. The zero-order chi connectivity index (χ0) is 21.4. The second-order valence-electron chi connectivity index (χ2n) is 7.05. The maximum Gasteiger partial charge on any atom is 0.196 e. The van der Waals surface area contributed by atoms with E-state index in [1.165, 1.54) is 0 Å². The summed E-state index contributed by atoms with van der Waals surface area (Å²) in [6.07, 6.45) is 0. The second kappa shape index (κ2) is 8.20. The topological polar surface area (TPSA) is 61.5 Å². The van der Waals surface area contributed by atoms with Gasteiger partial charge >= 0.3 is 0 Å². The van der Waals surface area contributed by atoms with Gasteiger partial charge in [-0.25, -0.2) is 4.98 Å². The van der Waals surface area contributed by atoms with Crippen molar-refractivity contribution in [3.63, 3.8) is 0 Å². The Balaban J connectivity index is 1.45. The fourth-order valence-electron chi connectivity index (χ4n) is 3.52. The molecule has 0 aliphatic heterocycles. The number of thioether (sulfide) groups is 1. The van der Waals surface area contributed by atoms with Crippen molar-refractivity contribution in [3.05, 3.63) is 65.2 Å². The van der Waals surface area contributed by atoms with Crippen LogP contribution in [0.15, 0.2) is 59.1 Å². The van der Waals surface area contributed by atoms with Gasteiger partial charge in [-0.3, -0.25) is 4.40 Å². The van der Waals surface area contributed by atoms with Crippen LogP contribution in [0.1, 0.15) is 11.3 Å². The van der Waals surface area contributed by atoms with E-state index < -0.39 is 0 Å². The molecule has 0 amide bonds. The van der Waals surface area contributed by atoms with Crippen molar-refractivity contribution in [2.24, 2.45) is 0 Å². The lowest BCUT2D eigenvalue weighted by Crippen LogP contribution is -1.95. The zero-order valence-electron chi connectivity index (χ0n) is 17.3. The Labute approximate surface area is 187 Å². The number of pyridine rings is 1. The monoisotopic (exact) mass is 448 g/mol. The van der Waals surface area contributed by atoms with Crippen LogP contribution < -0.4 is 9.47 Å². The van der Waals surface area contributed by atoms with E-state index in [1.54, 1.807) is 37.3 Å². The average molecular weight is 449 g/mol. The van der Waals surface area contributed by atoms with Crippen LogP contribution in [-0.4, -0.2) is 33.8 Å². The number of ether oxygens (including phenoxy) is 2. The molecule has 2 aromatic carbocycles. The normalized spacial score (nSPS) is 11.3. The van der Waals surface area contributed by atoms with Crippen molar-refractivity contribution in [2.45, 2.75) is 17.8 Å². The highest BCUT2D eigenvalue weighted by Gasteiger charge is 2.14. The highest BCUT2D eigenvalue weighted by molar-refractivity contribution is 7.98. The molecule has 5 rings (SSSR count). The number of methoxy groups -OCH3 is 2. The van der Waals surface area contributed by atoms with E-state index in [1.807, 2.05) is 36.4 Å². The molecule has 0 unspecified atom stereocenters. The summed E-state index contributed by atoms with van der Waals surface area (Å²) in [4.78, 5) is 4.80. The molecule has 0 aliphatic rings. The van der Waals surface area contributed by atoms with Crippen LogP contribution in [0.5, 0.6) is 11.5 Å². The summed E-state index contributed by atoms with van der Waals surface area (Å²) < 4.78 is 12.9. The molecule has 0 saturated carbocycles. The molecule has 0 bridgehead atoms. The Morgan fingerprint density at radius 1 is 1.00 bits per heavy atom. The summed E-state index contributed by atoms with van der Waals surface area (Å²) >= 11 is 3.26. The van der Waals surface area contributed by atoms with Gasteiger partial charge in [0.05, 0.1) is 25.4 Å². The molecule has 31 heavy (non-hydrogen) atoms. The fourth-order valence-corrected chi connectivity index (χ4v) is 5.29. The Bertz CT molecular complexity index is 1390. The van der Waals surface area contributed by atoms with Gasteiger partial charge in [0.2, 0.25) is 0 Å². The van der Waals surface area contributed by atoms with Crippen molar-refractivity contribution >= 4 is 39.6 Å². The molecule has 0 radical (unpaired) electrons. The Morgan fingerprint density at radius 3 is 2.68 bits per heavy atom. The van der Waals surface area contributed by atoms with Crippen LogP contribution in [0.2, 0.25) is 0 Å². The smallest absolute Gasteiger partial charge is 0.196 e. The van der Waals surface area contributed by atoms with E-state index in [9.17, 15) is 0 Å². The van der Waals surface area contributed by atoms with Crippen LogP contribution in [-0.2, 0) is 5.75 Å². The Morgan fingerprint density at radius 2 is 1.84 bits per heavy atom. The van der Waals surface area contributed by atoms with Gasteiger partial charge in [0.15, 0.2) is 10.8 Å². The zero-order valence-corrected chi connectivity index (χ0v) is 19.0.